The van der Waals surface area contributed by atoms with Crippen LogP contribution in [0.3, 0.4) is 0 Å². The highest BCUT2D eigenvalue weighted by atomic mass is 19.1. The van der Waals surface area contributed by atoms with Gasteiger partial charge in [-0.1, -0.05) is 6.42 Å². The summed E-state index contributed by atoms with van der Waals surface area (Å²) in [7, 11) is 0. The predicted octanol–water partition coefficient (Wildman–Crippen LogP) is 1.21. The summed E-state index contributed by atoms with van der Waals surface area (Å²) in [6, 6.07) is 0. The Labute approximate surface area is 52.7 Å². The Morgan fingerprint density at radius 2 is 2.22 bits per heavy atom. The Morgan fingerprint density at radius 3 is 2.33 bits per heavy atom. The van der Waals surface area contributed by atoms with E-state index in [0.717, 1.165) is 19.3 Å². The molecule has 0 aromatic heterocycles. The van der Waals surface area contributed by atoms with Gasteiger partial charge in [-0.2, -0.15) is 0 Å². The van der Waals surface area contributed by atoms with E-state index in [1.165, 1.54) is 0 Å². The van der Waals surface area contributed by atoms with Crippen LogP contribution in [0.2, 0.25) is 0 Å². The van der Waals surface area contributed by atoms with E-state index in [1.807, 2.05) is 0 Å². The van der Waals surface area contributed by atoms with E-state index in [-0.39, 0.29) is 5.92 Å². The maximum atomic E-state index is 12.4. The number of rotatable bonds is 2. The third kappa shape index (κ3) is 1.20. The fourth-order valence-electron chi connectivity index (χ4n) is 0.934. The van der Waals surface area contributed by atoms with Gasteiger partial charge in [-0.25, -0.2) is 9.18 Å². The number of hydrogen-bond acceptors (Lipinski definition) is 1. The van der Waals surface area contributed by atoms with E-state index in [0.29, 0.717) is 0 Å². The quantitative estimate of drug-likeness (QED) is 0.613. The monoisotopic (exact) mass is 132 g/mol. The number of halogens is 1. The lowest BCUT2D eigenvalue weighted by Gasteiger charge is -2.25. The van der Waals surface area contributed by atoms with Gasteiger partial charge < -0.3 is 5.11 Å². The molecular formula is C6H9FO2. The second-order valence-corrected chi connectivity index (χ2v) is 2.43. The summed E-state index contributed by atoms with van der Waals surface area (Å²) in [4.78, 5) is 9.96. The van der Waals surface area contributed by atoms with Crippen molar-refractivity contribution in [3.05, 3.63) is 0 Å². The molecule has 3 heteroatoms. The number of hydrogen-bond donors (Lipinski definition) is 1. The second kappa shape index (κ2) is 2.33. The van der Waals surface area contributed by atoms with E-state index in [4.69, 9.17) is 5.11 Å². The molecule has 0 heterocycles. The molecule has 1 aliphatic carbocycles. The minimum absolute atomic E-state index is 0.192. The van der Waals surface area contributed by atoms with Crippen LogP contribution in [-0.2, 0) is 4.79 Å². The number of carboxylic acid groups (broad SMARTS) is 1. The van der Waals surface area contributed by atoms with Crippen LogP contribution < -0.4 is 0 Å². The number of carboxylic acids is 1. The van der Waals surface area contributed by atoms with Crippen LogP contribution >= 0.6 is 0 Å². The molecule has 9 heavy (non-hydrogen) atoms. The van der Waals surface area contributed by atoms with Crippen molar-refractivity contribution >= 4 is 5.97 Å². The van der Waals surface area contributed by atoms with Gasteiger partial charge in [0.2, 0.25) is 0 Å². The zero-order valence-corrected chi connectivity index (χ0v) is 5.01. The second-order valence-electron chi connectivity index (χ2n) is 2.43. The van der Waals surface area contributed by atoms with Crippen LogP contribution in [0.25, 0.3) is 0 Å². The van der Waals surface area contributed by atoms with Crippen LogP contribution in [0.1, 0.15) is 19.3 Å². The van der Waals surface area contributed by atoms with Crippen LogP contribution in [0.5, 0.6) is 0 Å². The zero-order valence-electron chi connectivity index (χ0n) is 5.01. The summed E-state index contributed by atoms with van der Waals surface area (Å²) in [6.45, 7) is 0. The van der Waals surface area contributed by atoms with Crippen molar-refractivity contribution in [2.75, 3.05) is 0 Å². The van der Waals surface area contributed by atoms with Gasteiger partial charge in [0, 0.05) is 5.92 Å². The van der Waals surface area contributed by atoms with Gasteiger partial charge in [0.1, 0.15) is 0 Å². The van der Waals surface area contributed by atoms with Gasteiger partial charge in [0.05, 0.1) is 0 Å². The van der Waals surface area contributed by atoms with E-state index in [2.05, 4.69) is 0 Å². The van der Waals surface area contributed by atoms with Gasteiger partial charge in [0.15, 0.2) is 6.17 Å². The molecule has 0 unspecified atom stereocenters. The smallest absolute Gasteiger partial charge is 0.338 e. The molecule has 1 aliphatic rings. The summed E-state index contributed by atoms with van der Waals surface area (Å²) >= 11 is 0. The van der Waals surface area contributed by atoms with Gasteiger partial charge in [-0.05, 0) is 12.8 Å². The van der Waals surface area contributed by atoms with Crippen LogP contribution in [0, 0.1) is 5.92 Å². The topological polar surface area (TPSA) is 37.3 Å². The largest absolute Gasteiger partial charge is 0.479 e. The third-order valence-electron chi connectivity index (χ3n) is 1.80. The van der Waals surface area contributed by atoms with Crippen molar-refractivity contribution in [3.63, 3.8) is 0 Å². The molecule has 0 radical (unpaired) electrons. The van der Waals surface area contributed by atoms with Crippen molar-refractivity contribution < 1.29 is 14.3 Å². The maximum Gasteiger partial charge on any atom is 0.338 e. The highest BCUT2D eigenvalue weighted by Gasteiger charge is 2.31. The minimum Gasteiger partial charge on any atom is -0.479 e. The van der Waals surface area contributed by atoms with Crippen molar-refractivity contribution in [2.45, 2.75) is 25.4 Å². The lowest BCUT2D eigenvalue weighted by Crippen LogP contribution is -2.29. The molecule has 0 amide bonds. The molecule has 1 saturated carbocycles. The standard InChI is InChI=1S/C6H9FO2/c7-5(6(8)9)4-2-1-3-4/h4-5H,1-3H2,(H,8,9)/t5-/m1/s1. The summed E-state index contributed by atoms with van der Waals surface area (Å²) in [6.07, 6.45) is 0.859. The summed E-state index contributed by atoms with van der Waals surface area (Å²) in [5.41, 5.74) is 0. The Hall–Kier alpha value is -0.600. The Kier molecular flexibility index (Phi) is 1.69. The molecule has 1 atom stereocenters. The van der Waals surface area contributed by atoms with Gasteiger partial charge in [0.25, 0.3) is 0 Å². The summed E-state index contributed by atoms with van der Waals surface area (Å²) in [5, 5.41) is 8.14. The molecule has 0 aliphatic heterocycles. The van der Waals surface area contributed by atoms with E-state index in [9.17, 15) is 9.18 Å². The summed E-state index contributed by atoms with van der Waals surface area (Å²) < 4.78 is 12.4. The molecule has 0 bridgehead atoms. The molecule has 52 valence electrons. The van der Waals surface area contributed by atoms with E-state index >= 15 is 0 Å². The Bertz CT molecular complexity index is 120. The SMILES string of the molecule is O=C(O)[C@H](F)C1CCC1. The molecular weight excluding hydrogens is 123 g/mol. The maximum absolute atomic E-state index is 12.4. The van der Waals surface area contributed by atoms with Crippen LogP contribution in [0.15, 0.2) is 0 Å². The molecule has 0 saturated heterocycles. The van der Waals surface area contributed by atoms with E-state index < -0.39 is 12.1 Å². The Morgan fingerprint density at radius 1 is 1.67 bits per heavy atom. The number of alkyl halides is 1. The third-order valence-corrected chi connectivity index (χ3v) is 1.80. The average Bonchev–Trinajstić information content (AvgIpc) is 1.60. The van der Waals surface area contributed by atoms with E-state index in [1.54, 1.807) is 0 Å². The molecule has 1 rings (SSSR count). The van der Waals surface area contributed by atoms with Crippen LogP contribution in [-0.4, -0.2) is 17.2 Å². The zero-order chi connectivity index (χ0) is 6.85. The van der Waals surface area contributed by atoms with Crippen molar-refractivity contribution in [2.24, 2.45) is 5.92 Å². The minimum atomic E-state index is -1.61. The van der Waals surface area contributed by atoms with Crippen molar-refractivity contribution in [1.82, 2.24) is 0 Å². The van der Waals surface area contributed by atoms with Crippen LogP contribution in [0.4, 0.5) is 4.39 Å². The first-order valence-electron chi connectivity index (χ1n) is 3.08. The van der Waals surface area contributed by atoms with Crippen molar-refractivity contribution in [1.29, 1.82) is 0 Å². The highest BCUT2D eigenvalue weighted by molar-refractivity contribution is 5.72. The predicted molar refractivity (Wildman–Crippen MR) is 29.9 cm³/mol. The normalized spacial score (nSPS) is 22.8. The molecule has 0 aromatic carbocycles. The van der Waals surface area contributed by atoms with Crippen molar-refractivity contribution in [3.8, 4) is 0 Å². The molecule has 0 spiro atoms. The average molecular weight is 132 g/mol. The molecule has 2 nitrogen and oxygen atoms in total. The Balaban J connectivity index is 2.32. The fourth-order valence-corrected chi connectivity index (χ4v) is 0.934. The number of aliphatic carboxylic acids is 1. The molecule has 1 N–H and O–H groups in total. The molecule has 0 aromatic rings. The lowest BCUT2D eigenvalue weighted by molar-refractivity contribution is -0.146. The number of carbonyl (C=O) groups is 1. The first-order chi connectivity index (χ1) is 4.22. The molecule has 1 fully saturated rings. The van der Waals surface area contributed by atoms with Gasteiger partial charge in [-0.15, -0.1) is 0 Å². The highest BCUT2D eigenvalue weighted by Crippen LogP contribution is 2.31. The first kappa shape index (κ1) is 6.52. The summed E-state index contributed by atoms with van der Waals surface area (Å²) in [5.74, 6) is -1.50. The van der Waals surface area contributed by atoms with Gasteiger partial charge >= 0.3 is 5.97 Å². The fraction of sp³-hybridized carbons (Fsp3) is 0.833. The first-order valence-corrected chi connectivity index (χ1v) is 3.08. The van der Waals surface area contributed by atoms with Gasteiger partial charge in [-0.3, -0.25) is 0 Å². The lowest BCUT2D eigenvalue weighted by atomic mass is 9.82.